The molecule has 0 radical (unpaired) electrons. The highest BCUT2D eigenvalue weighted by Gasteiger charge is 2.18. The first-order chi connectivity index (χ1) is 33.7. The van der Waals surface area contributed by atoms with Crippen LogP contribution in [0.3, 0.4) is 0 Å². The van der Waals surface area contributed by atoms with E-state index >= 15 is 0 Å². The lowest BCUT2D eigenvalue weighted by Gasteiger charge is -2.19. The zero-order valence-electron chi connectivity index (χ0n) is 45.1. The van der Waals surface area contributed by atoms with Crippen molar-refractivity contribution in [3.63, 3.8) is 0 Å². The van der Waals surface area contributed by atoms with Crippen LogP contribution in [0.15, 0.2) is 97.2 Å². The number of unbranched alkanes of at least 4 members (excludes halogenated alkanes) is 32. The Morgan fingerprint density at radius 1 is 0.368 bits per heavy atom. The van der Waals surface area contributed by atoms with E-state index in [0.717, 1.165) is 70.6 Å². The minimum absolute atomic E-state index is 0.0766. The number of hydrogen-bond donors (Lipinski definition) is 3. The molecule has 392 valence electrons. The van der Waals surface area contributed by atoms with Crippen molar-refractivity contribution in [3.05, 3.63) is 97.2 Å². The van der Waals surface area contributed by atoms with Gasteiger partial charge in [0.1, 0.15) is 0 Å². The second kappa shape index (κ2) is 58.6. The van der Waals surface area contributed by atoms with Crippen LogP contribution in [0.5, 0.6) is 0 Å². The number of aliphatic hydroxyl groups excluding tert-OH is 2. The second-order valence-electron chi connectivity index (χ2n) is 19.7. The van der Waals surface area contributed by atoms with E-state index in [2.05, 4.69) is 104 Å². The zero-order chi connectivity index (χ0) is 49.2. The van der Waals surface area contributed by atoms with E-state index in [0.29, 0.717) is 6.42 Å². The van der Waals surface area contributed by atoms with Gasteiger partial charge >= 0.3 is 0 Å². The van der Waals surface area contributed by atoms with Gasteiger partial charge in [0.25, 0.3) is 0 Å². The molecule has 2 unspecified atom stereocenters. The summed E-state index contributed by atoms with van der Waals surface area (Å²) in [6, 6.07) is -0.647. The molecular formula is C64H113NO3. The van der Waals surface area contributed by atoms with Gasteiger partial charge in [-0.25, -0.2) is 0 Å². The standard InChI is InChI=1S/C64H113NO3/c1-3-5-7-9-11-13-15-17-19-20-21-22-23-24-25-26-27-28-29-30-31-32-33-34-35-36-37-38-39-40-41-42-43-44-46-48-50-52-54-56-58-60-64(68)65-62(61-66)63(67)59-57-55-53-51-49-47-45-18-16-14-12-10-8-6-4-2/h5,7,11,13,16-19,21-22,24-25,49,51,57,59,62-63,66-67H,3-4,6,8-10,12,14-15,20,23,26-48,50,52-56,58,60-61H2,1-2H3,(H,65,68)/b7-5-,13-11-,18-16+,19-17-,22-21-,25-24-,51-49+,59-57+. The zero-order valence-corrected chi connectivity index (χ0v) is 45.1. The van der Waals surface area contributed by atoms with Crippen LogP contribution < -0.4 is 5.32 Å². The fourth-order valence-corrected chi connectivity index (χ4v) is 8.59. The number of carbonyl (C=O) groups excluding carboxylic acids is 1. The van der Waals surface area contributed by atoms with Gasteiger partial charge in [-0.05, 0) is 89.9 Å². The number of amides is 1. The average Bonchev–Trinajstić information content (AvgIpc) is 3.34. The molecule has 0 aromatic heterocycles. The number of rotatable bonds is 53. The third-order valence-corrected chi connectivity index (χ3v) is 13.0. The molecule has 0 bridgehead atoms. The lowest BCUT2D eigenvalue weighted by Crippen LogP contribution is -2.45. The summed E-state index contributed by atoms with van der Waals surface area (Å²) in [4.78, 5) is 12.5. The molecule has 4 heteroatoms. The second-order valence-corrected chi connectivity index (χ2v) is 19.7. The first kappa shape index (κ1) is 65.3. The molecule has 0 saturated carbocycles. The molecule has 0 aromatic rings. The summed E-state index contributed by atoms with van der Waals surface area (Å²) in [6.07, 6.45) is 87.4. The minimum Gasteiger partial charge on any atom is -0.394 e. The quantitative estimate of drug-likeness (QED) is 0.0420. The van der Waals surface area contributed by atoms with Crippen LogP contribution in [0.4, 0.5) is 0 Å². The Balaban J connectivity index is 3.44. The van der Waals surface area contributed by atoms with Crippen LogP contribution in [0.25, 0.3) is 0 Å². The van der Waals surface area contributed by atoms with Crippen molar-refractivity contribution in [3.8, 4) is 0 Å². The summed E-state index contributed by atoms with van der Waals surface area (Å²) in [5, 5.41) is 23.1. The van der Waals surface area contributed by atoms with Crippen molar-refractivity contribution in [2.45, 2.75) is 296 Å². The van der Waals surface area contributed by atoms with Gasteiger partial charge in [-0.2, -0.15) is 0 Å². The Bertz CT molecular complexity index is 1250. The van der Waals surface area contributed by atoms with Crippen molar-refractivity contribution < 1.29 is 15.0 Å². The fraction of sp³-hybridized carbons (Fsp3) is 0.734. The minimum atomic E-state index is -0.872. The summed E-state index contributed by atoms with van der Waals surface area (Å²) in [5.74, 6) is -0.0766. The summed E-state index contributed by atoms with van der Waals surface area (Å²) in [7, 11) is 0. The molecule has 3 N–H and O–H groups in total. The van der Waals surface area contributed by atoms with E-state index in [1.807, 2.05) is 6.08 Å². The fourth-order valence-electron chi connectivity index (χ4n) is 8.59. The summed E-state index contributed by atoms with van der Waals surface area (Å²) in [5.41, 5.74) is 0. The van der Waals surface area contributed by atoms with Crippen LogP contribution >= 0.6 is 0 Å². The van der Waals surface area contributed by atoms with Gasteiger partial charge in [0.2, 0.25) is 5.91 Å². The summed E-state index contributed by atoms with van der Waals surface area (Å²) < 4.78 is 0. The van der Waals surface area contributed by atoms with Crippen LogP contribution in [-0.4, -0.2) is 34.9 Å². The maximum Gasteiger partial charge on any atom is 0.220 e. The van der Waals surface area contributed by atoms with Crippen LogP contribution in [0.1, 0.15) is 284 Å². The maximum atomic E-state index is 12.5. The molecule has 0 aromatic carbocycles. The number of nitrogens with one attached hydrogen (secondary N) is 1. The topological polar surface area (TPSA) is 69.6 Å². The monoisotopic (exact) mass is 944 g/mol. The number of hydrogen-bond acceptors (Lipinski definition) is 3. The molecule has 0 aliphatic rings. The third-order valence-electron chi connectivity index (χ3n) is 13.0. The van der Waals surface area contributed by atoms with Gasteiger partial charge in [-0.3, -0.25) is 4.79 Å². The molecule has 0 aliphatic heterocycles. The van der Waals surface area contributed by atoms with E-state index in [1.54, 1.807) is 6.08 Å². The Morgan fingerprint density at radius 2 is 0.662 bits per heavy atom. The maximum absolute atomic E-state index is 12.5. The van der Waals surface area contributed by atoms with E-state index in [9.17, 15) is 15.0 Å². The van der Waals surface area contributed by atoms with Gasteiger partial charge in [0, 0.05) is 6.42 Å². The number of carbonyl (C=O) groups is 1. The molecular weight excluding hydrogens is 831 g/mol. The Labute approximate surface area is 424 Å². The molecule has 2 atom stereocenters. The Kier molecular flexibility index (Phi) is 56.3. The molecule has 4 nitrogen and oxygen atoms in total. The molecule has 1 amide bonds. The Morgan fingerprint density at radius 3 is 1.03 bits per heavy atom. The van der Waals surface area contributed by atoms with Crippen molar-refractivity contribution in [1.82, 2.24) is 5.32 Å². The van der Waals surface area contributed by atoms with Crippen molar-refractivity contribution in [1.29, 1.82) is 0 Å². The first-order valence-corrected chi connectivity index (χ1v) is 29.5. The highest BCUT2D eigenvalue weighted by Crippen LogP contribution is 2.17. The summed E-state index contributed by atoms with van der Waals surface area (Å²) in [6.45, 7) is 4.17. The van der Waals surface area contributed by atoms with Crippen molar-refractivity contribution >= 4 is 5.91 Å². The van der Waals surface area contributed by atoms with E-state index in [1.165, 1.54) is 193 Å². The lowest BCUT2D eigenvalue weighted by atomic mass is 10.0. The Hall–Kier alpha value is -2.69. The number of allylic oxidation sites excluding steroid dienone is 15. The van der Waals surface area contributed by atoms with E-state index in [-0.39, 0.29) is 12.5 Å². The summed E-state index contributed by atoms with van der Waals surface area (Å²) >= 11 is 0. The van der Waals surface area contributed by atoms with Gasteiger partial charge in [-0.15, -0.1) is 0 Å². The van der Waals surface area contributed by atoms with Crippen molar-refractivity contribution in [2.75, 3.05) is 6.61 Å². The highest BCUT2D eigenvalue weighted by atomic mass is 16.3. The lowest BCUT2D eigenvalue weighted by molar-refractivity contribution is -0.123. The van der Waals surface area contributed by atoms with Gasteiger partial charge < -0.3 is 15.5 Å². The van der Waals surface area contributed by atoms with Gasteiger partial charge in [0.05, 0.1) is 18.8 Å². The molecule has 0 saturated heterocycles. The first-order valence-electron chi connectivity index (χ1n) is 29.5. The highest BCUT2D eigenvalue weighted by molar-refractivity contribution is 5.76. The average molecular weight is 945 g/mol. The molecule has 0 fully saturated rings. The molecule has 68 heavy (non-hydrogen) atoms. The predicted molar refractivity (Wildman–Crippen MR) is 303 cm³/mol. The van der Waals surface area contributed by atoms with Crippen LogP contribution in [0, 0.1) is 0 Å². The third kappa shape index (κ3) is 54.3. The normalized spacial score (nSPS) is 13.5. The molecule has 0 aliphatic carbocycles. The van der Waals surface area contributed by atoms with Gasteiger partial charge in [0.15, 0.2) is 0 Å². The van der Waals surface area contributed by atoms with E-state index in [4.69, 9.17) is 0 Å². The number of aliphatic hydroxyl groups is 2. The molecule has 0 heterocycles. The largest absolute Gasteiger partial charge is 0.394 e. The molecule has 0 rings (SSSR count). The predicted octanol–water partition coefficient (Wildman–Crippen LogP) is 19.7. The smallest absolute Gasteiger partial charge is 0.220 e. The SMILES string of the molecule is CC/C=C\C/C=C\C/C=C\C/C=C\C/C=C\CCCCCCCCCCCCCCCCCCCCCCCCCCCC(=O)NC(CO)C(O)/C=C/CC/C=C/CC/C=C/CCCCCCC. The van der Waals surface area contributed by atoms with Crippen LogP contribution in [-0.2, 0) is 4.79 Å². The van der Waals surface area contributed by atoms with Crippen molar-refractivity contribution in [2.24, 2.45) is 0 Å². The molecule has 0 spiro atoms. The van der Waals surface area contributed by atoms with E-state index < -0.39 is 12.1 Å². The van der Waals surface area contributed by atoms with Gasteiger partial charge in [-0.1, -0.05) is 284 Å². The van der Waals surface area contributed by atoms with Crippen LogP contribution in [0.2, 0.25) is 0 Å².